The fraction of sp³-hybridized carbons (Fsp3) is 0.0667. The Morgan fingerprint density at radius 3 is 2.65 bits per heavy atom. The van der Waals surface area contributed by atoms with E-state index in [-0.39, 0.29) is 0 Å². The summed E-state index contributed by atoms with van der Waals surface area (Å²) in [6.45, 7) is 0.579. The summed E-state index contributed by atoms with van der Waals surface area (Å²) in [5.41, 5.74) is 1.76. The van der Waals surface area contributed by atoms with Crippen molar-refractivity contribution >= 4 is 40.7 Å². The Kier molecular flexibility index (Phi) is 4.85. The van der Waals surface area contributed by atoms with Gasteiger partial charge in [-0.15, -0.1) is 5.10 Å². The molecule has 6 nitrogen and oxygen atoms in total. The van der Waals surface area contributed by atoms with Gasteiger partial charge in [-0.3, -0.25) is 4.98 Å². The van der Waals surface area contributed by atoms with Gasteiger partial charge < -0.3 is 10.6 Å². The molecule has 3 aromatic rings. The van der Waals surface area contributed by atoms with E-state index in [4.69, 9.17) is 23.2 Å². The molecule has 0 aliphatic carbocycles. The summed E-state index contributed by atoms with van der Waals surface area (Å²) in [5.74, 6) is 0.943. The van der Waals surface area contributed by atoms with Gasteiger partial charge in [0, 0.05) is 24.0 Å². The third-order valence-electron chi connectivity index (χ3n) is 2.95. The van der Waals surface area contributed by atoms with E-state index >= 15 is 0 Å². The molecule has 0 aliphatic heterocycles. The normalized spacial score (nSPS) is 10.3. The number of aromatic nitrogens is 4. The second-order valence-corrected chi connectivity index (χ2v) is 5.47. The van der Waals surface area contributed by atoms with Crippen molar-refractivity contribution < 1.29 is 0 Å². The third kappa shape index (κ3) is 4.28. The van der Waals surface area contributed by atoms with Gasteiger partial charge in [-0.05, 0) is 35.9 Å². The summed E-state index contributed by atoms with van der Waals surface area (Å²) in [4.78, 5) is 8.32. The fourth-order valence-corrected chi connectivity index (χ4v) is 2.30. The van der Waals surface area contributed by atoms with E-state index < -0.39 is 0 Å². The Bertz CT molecular complexity index is 797. The maximum Gasteiger partial charge on any atom is 0.244 e. The molecule has 0 bridgehead atoms. The highest BCUT2D eigenvalue weighted by Gasteiger charge is 2.05. The van der Waals surface area contributed by atoms with Crippen LogP contribution in [0.1, 0.15) is 5.56 Å². The van der Waals surface area contributed by atoms with Gasteiger partial charge in [-0.1, -0.05) is 23.2 Å². The van der Waals surface area contributed by atoms with Crippen LogP contribution in [0.2, 0.25) is 10.0 Å². The van der Waals surface area contributed by atoms with Crippen LogP contribution in [0.4, 0.5) is 17.5 Å². The summed E-state index contributed by atoms with van der Waals surface area (Å²) >= 11 is 12.0. The number of anilines is 3. The SMILES string of the molecule is Clc1ccc(Nc2cnnc(NCc3ccncc3)n2)c(Cl)c1. The molecule has 2 heterocycles. The summed E-state index contributed by atoms with van der Waals surface area (Å²) in [5, 5.41) is 15.1. The zero-order valence-electron chi connectivity index (χ0n) is 11.9. The van der Waals surface area contributed by atoms with Crippen LogP contribution in [0.25, 0.3) is 0 Å². The van der Waals surface area contributed by atoms with Crippen molar-refractivity contribution in [2.45, 2.75) is 6.54 Å². The quantitative estimate of drug-likeness (QED) is 0.728. The minimum Gasteiger partial charge on any atom is -0.349 e. The van der Waals surface area contributed by atoms with Gasteiger partial charge in [0.1, 0.15) is 0 Å². The Morgan fingerprint density at radius 2 is 1.87 bits per heavy atom. The lowest BCUT2D eigenvalue weighted by molar-refractivity contribution is 0.948. The van der Waals surface area contributed by atoms with Crippen LogP contribution in [-0.4, -0.2) is 20.2 Å². The molecule has 0 spiro atoms. The van der Waals surface area contributed by atoms with Crippen molar-refractivity contribution in [3.63, 3.8) is 0 Å². The number of hydrogen-bond donors (Lipinski definition) is 2. The van der Waals surface area contributed by atoms with Crippen LogP contribution >= 0.6 is 23.2 Å². The Morgan fingerprint density at radius 1 is 1.04 bits per heavy atom. The topological polar surface area (TPSA) is 75.6 Å². The highest BCUT2D eigenvalue weighted by molar-refractivity contribution is 6.36. The first kappa shape index (κ1) is 15.5. The number of pyridine rings is 1. The fourth-order valence-electron chi connectivity index (χ4n) is 1.85. The second kappa shape index (κ2) is 7.21. The highest BCUT2D eigenvalue weighted by atomic mass is 35.5. The van der Waals surface area contributed by atoms with Crippen LogP contribution in [0.3, 0.4) is 0 Å². The van der Waals surface area contributed by atoms with E-state index in [0.717, 1.165) is 5.56 Å². The molecule has 2 N–H and O–H groups in total. The Hall–Kier alpha value is -2.44. The van der Waals surface area contributed by atoms with Crippen LogP contribution in [0.5, 0.6) is 0 Å². The van der Waals surface area contributed by atoms with E-state index in [1.807, 2.05) is 12.1 Å². The summed E-state index contributed by atoms with van der Waals surface area (Å²) < 4.78 is 0. The molecule has 0 aliphatic rings. The van der Waals surface area contributed by atoms with Crippen LogP contribution in [-0.2, 0) is 6.54 Å². The molecule has 0 fully saturated rings. The third-order valence-corrected chi connectivity index (χ3v) is 3.50. The molecule has 1 aromatic carbocycles. The summed E-state index contributed by atoms with van der Waals surface area (Å²) in [7, 11) is 0. The molecule has 0 saturated heterocycles. The van der Waals surface area contributed by atoms with Crippen molar-refractivity contribution in [1.82, 2.24) is 20.2 Å². The molecule has 0 amide bonds. The Labute approximate surface area is 142 Å². The number of halogens is 2. The predicted octanol–water partition coefficient (Wildman–Crippen LogP) is 3.93. The van der Waals surface area contributed by atoms with Gasteiger partial charge in [-0.25, -0.2) is 0 Å². The largest absolute Gasteiger partial charge is 0.349 e. The lowest BCUT2D eigenvalue weighted by atomic mass is 10.3. The van der Waals surface area contributed by atoms with Gasteiger partial charge in [0.05, 0.1) is 16.9 Å². The van der Waals surface area contributed by atoms with E-state index in [0.29, 0.717) is 34.0 Å². The standard InChI is InChI=1S/C15H12Cl2N6/c16-11-1-2-13(12(17)7-11)21-14-9-20-23-15(22-14)19-8-10-3-5-18-6-4-10/h1-7,9H,8H2,(H2,19,21,22,23). The highest BCUT2D eigenvalue weighted by Crippen LogP contribution is 2.27. The van der Waals surface area contributed by atoms with Gasteiger partial charge in [0.2, 0.25) is 5.95 Å². The van der Waals surface area contributed by atoms with Crippen molar-refractivity contribution in [2.24, 2.45) is 0 Å². The molecule has 0 saturated carbocycles. The zero-order chi connectivity index (χ0) is 16.1. The van der Waals surface area contributed by atoms with E-state index in [2.05, 4.69) is 30.8 Å². The first-order chi connectivity index (χ1) is 11.2. The lowest BCUT2D eigenvalue weighted by Gasteiger charge is -2.09. The van der Waals surface area contributed by atoms with E-state index in [9.17, 15) is 0 Å². The van der Waals surface area contributed by atoms with Gasteiger partial charge in [-0.2, -0.15) is 10.1 Å². The monoisotopic (exact) mass is 346 g/mol. The maximum absolute atomic E-state index is 6.13. The van der Waals surface area contributed by atoms with Crippen molar-refractivity contribution in [3.8, 4) is 0 Å². The first-order valence-corrected chi connectivity index (χ1v) is 7.51. The van der Waals surface area contributed by atoms with Gasteiger partial charge >= 0.3 is 0 Å². The number of nitrogens with zero attached hydrogens (tertiary/aromatic N) is 4. The second-order valence-electron chi connectivity index (χ2n) is 4.62. The molecule has 23 heavy (non-hydrogen) atoms. The number of nitrogens with one attached hydrogen (secondary N) is 2. The van der Waals surface area contributed by atoms with E-state index in [1.54, 1.807) is 30.6 Å². The number of rotatable bonds is 5. The predicted molar refractivity (Wildman–Crippen MR) is 91.1 cm³/mol. The summed E-state index contributed by atoms with van der Waals surface area (Å²) in [6, 6.07) is 9.00. The average molecular weight is 347 g/mol. The van der Waals surface area contributed by atoms with Crippen LogP contribution < -0.4 is 10.6 Å². The molecular weight excluding hydrogens is 335 g/mol. The van der Waals surface area contributed by atoms with E-state index in [1.165, 1.54) is 6.20 Å². The molecule has 3 rings (SSSR count). The van der Waals surface area contributed by atoms with Crippen LogP contribution in [0.15, 0.2) is 48.9 Å². The molecule has 0 unspecified atom stereocenters. The maximum atomic E-state index is 6.13. The molecule has 116 valence electrons. The van der Waals surface area contributed by atoms with Gasteiger partial charge in [0.15, 0.2) is 5.82 Å². The zero-order valence-corrected chi connectivity index (χ0v) is 13.4. The molecule has 0 atom stereocenters. The smallest absolute Gasteiger partial charge is 0.244 e. The minimum absolute atomic E-state index is 0.414. The number of benzene rings is 1. The lowest BCUT2D eigenvalue weighted by Crippen LogP contribution is -2.06. The van der Waals surface area contributed by atoms with Crippen molar-refractivity contribution in [2.75, 3.05) is 10.6 Å². The Balaban J connectivity index is 1.69. The molecule has 2 aromatic heterocycles. The van der Waals surface area contributed by atoms with Crippen LogP contribution in [0, 0.1) is 0 Å². The molecule has 8 heteroatoms. The summed E-state index contributed by atoms with van der Waals surface area (Å²) in [6.07, 6.45) is 4.98. The molecular formula is C15H12Cl2N6. The minimum atomic E-state index is 0.414. The van der Waals surface area contributed by atoms with Crippen molar-refractivity contribution in [1.29, 1.82) is 0 Å². The average Bonchev–Trinajstić information content (AvgIpc) is 2.57. The molecule has 0 radical (unpaired) electrons. The first-order valence-electron chi connectivity index (χ1n) is 6.75. The van der Waals surface area contributed by atoms with Crippen molar-refractivity contribution in [3.05, 3.63) is 64.5 Å². The van der Waals surface area contributed by atoms with Gasteiger partial charge in [0.25, 0.3) is 0 Å². The number of hydrogen-bond acceptors (Lipinski definition) is 6.